The van der Waals surface area contributed by atoms with Crippen LogP contribution in [0.4, 0.5) is 5.69 Å². The van der Waals surface area contributed by atoms with Gasteiger partial charge in [0.05, 0.1) is 19.2 Å². The van der Waals surface area contributed by atoms with Gasteiger partial charge < -0.3 is 26.4 Å². The molecule has 8 heteroatoms. The van der Waals surface area contributed by atoms with E-state index in [-0.39, 0.29) is 37.2 Å². The van der Waals surface area contributed by atoms with Gasteiger partial charge in [0.2, 0.25) is 11.8 Å². The highest BCUT2D eigenvalue weighted by Crippen LogP contribution is 2.17. The highest BCUT2D eigenvalue weighted by molar-refractivity contribution is 5.95. The molecule has 0 unspecified atom stereocenters. The maximum absolute atomic E-state index is 12.2. The molecule has 0 aliphatic carbocycles. The molecule has 1 saturated heterocycles. The Hall–Kier alpha value is -2.89. The van der Waals surface area contributed by atoms with Crippen molar-refractivity contribution >= 4 is 23.5 Å². The minimum Gasteiger partial charge on any atom is -0.465 e. The van der Waals surface area contributed by atoms with Crippen molar-refractivity contribution in [2.75, 3.05) is 38.6 Å². The van der Waals surface area contributed by atoms with E-state index < -0.39 is 5.97 Å². The number of benzene rings is 1. The van der Waals surface area contributed by atoms with Crippen molar-refractivity contribution in [1.29, 1.82) is 0 Å². The Morgan fingerprint density at radius 3 is 2.71 bits per heavy atom. The number of nitrogens with two attached hydrogens (primary N) is 1. The Labute approximate surface area is 164 Å². The van der Waals surface area contributed by atoms with E-state index in [9.17, 15) is 14.4 Å². The lowest BCUT2D eigenvalue weighted by Gasteiger charge is -2.21. The molecular formula is C20H26N4O4. The summed E-state index contributed by atoms with van der Waals surface area (Å²) in [5.74, 6) is 4.75. The molecule has 2 rings (SSSR count). The molecule has 1 fully saturated rings. The van der Waals surface area contributed by atoms with Crippen molar-refractivity contribution < 1.29 is 19.1 Å². The Bertz CT molecular complexity index is 776. The maximum Gasteiger partial charge on any atom is 0.339 e. The summed E-state index contributed by atoms with van der Waals surface area (Å²) >= 11 is 0. The number of amides is 2. The zero-order valence-corrected chi connectivity index (χ0v) is 16.0. The number of hydrogen-bond acceptors (Lipinski definition) is 6. The van der Waals surface area contributed by atoms with Crippen molar-refractivity contribution in [2.24, 2.45) is 11.7 Å². The third-order valence-corrected chi connectivity index (χ3v) is 4.39. The van der Waals surface area contributed by atoms with Crippen LogP contribution in [0.15, 0.2) is 18.2 Å². The second-order valence-corrected chi connectivity index (χ2v) is 6.37. The third kappa shape index (κ3) is 6.37. The number of carbonyl (C=O) groups is 3. The lowest BCUT2D eigenvalue weighted by molar-refractivity contribution is -0.125. The number of nitrogens with one attached hydrogen (secondary N) is 3. The van der Waals surface area contributed by atoms with E-state index in [2.05, 4.69) is 27.8 Å². The van der Waals surface area contributed by atoms with Gasteiger partial charge in [-0.05, 0) is 44.1 Å². The number of carbonyl (C=O) groups excluding carboxylic acids is 3. The van der Waals surface area contributed by atoms with Crippen LogP contribution in [-0.2, 0) is 14.3 Å². The van der Waals surface area contributed by atoms with Gasteiger partial charge in [0.25, 0.3) is 0 Å². The quantitative estimate of drug-likeness (QED) is 0.410. The number of rotatable bonds is 6. The van der Waals surface area contributed by atoms with E-state index in [0.717, 1.165) is 25.9 Å². The number of methoxy groups -OCH3 is 1. The molecule has 1 aliphatic heterocycles. The summed E-state index contributed by atoms with van der Waals surface area (Å²) in [6, 6.07) is 4.74. The second-order valence-electron chi connectivity index (χ2n) is 6.37. The zero-order valence-electron chi connectivity index (χ0n) is 16.0. The number of esters is 1. The average molecular weight is 386 g/mol. The van der Waals surface area contributed by atoms with E-state index in [1.54, 1.807) is 18.2 Å². The summed E-state index contributed by atoms with van der Waals surface area (Å²) in [5, 5.41) is 8.77. The fourth-order valence-corrected chi connectivity index (χ4v) is 2.91. The van der Waals surface area contributed by atoms with Gasteiger partial charge in [0.15, 0.2) is 0 Å². The van der Waals surface area contributed by atoms with Crippen LogP contribution >= 0.6 is 0 Å². The van der Waals surface area contributed by atoms with Gasteiger partial charge in [0, 0.05) is 30.1 Å². The number of piperidine rings is 1. The molecule has 28 heavy (non-hydrogen) atoms. The van der Waals surface area contributed by atoms with Crippen molar-refractivity contribution in [1.82, 2.24) is 10.6 Å². The van der Waals surface area contributed by atoms with E-state index in [1.165, 1.54) is 7.11 Å². The topological polar surface area (TPSA) is 123 Å². The molecule has 0 bridgehead atoms. The molecule has 0 spiro atoms. The van der Waals surface area contributed by atoms with Crippen LogP contribution in [0.2, 0.25) is 0 Å². The molecule has 0 radical (unpaired) electrons. The van der Waals surface area contributed by atoms with E-state index in [1.807, 2.05) is 0 Å². The number of anilines is 1. The Kier molecular flexibility index (Phi) is 8.46. The maximum atomic E-state index is 12.2. The summed E-state index contributed by atoms with van der Waals surface area (Å²) in [4.78, 5) is 36.0. The largest absolute Gasteiger partial charge is 0.465 e. The summed E-state index contributed by atoms with van der Waals surface area (Å²) in [5.41, 5.74) is 6.62. The Balaban J connectivity index is 1.90. The predicted molar refractivity (Wildman–Crippen MR) is 106 cm³/mol. The molecule has 1 aromatic carbocycles. The molecule has 1 aromatic rings. The first-order valence-electron chi connectivity index (χ1n) is 9.24. The number of hydrogen-bond donors (Lipinski definition) is 4. The molecule has 1 aliphatic rings. The average Bonchev–Trinajstić information content (AvgIpc) is 2.72. The number of ether oxygens (including phenoxy) is 1. The first kappa shape index (κ1) is 21.4. The van der Waals surface area contributed by atoms with Gasteiger partial charge in [-0.25, -0.2) is 4.79 Å². The van der Waals surface area contributed by atoms with Crippen LogP contribution in [0.25, 0.3) is 0 Å². The van der Waals surface area contributed by atoms with Crippen LogP contribution in [0.3, 0.4) is 0 Å². The predicted octanol–water partition coefficient (Wildman–Crippen LogP) is 0.228. The highest BCUT2D eigenvalue weighted by atomic mass is 16.5. The molecule has 2 amide bonds. The van der Waals surface area contributed by atoms with Crippen molar-refractivity contribution in [3.05, 3.63) is 29.3 Å². The van der Waals surface area contributed by atoms with Crippen LogP contribution in [0.5, 0.6) is 0 Å². The first-order chi connectivity index (χ1) is 13.5. The molecule has 1 heterocycles. The minimum atomic E-state index is -0.514. The highest BCUT2D eigenvalue weighted by Gasteiger charge is 2.20. The molecular weight excluding hydrogens is 360 g/mol. The third-order valence-electron chi connectivity index (χ3n) is 4.39. The standard InChI is InChI=1S/C20H26N4O4/c1-28-20(27)17-5-4-16(13-15(17)3-2-9-21)24-18(25)8-12-23-19(26)14-6-10-22-11-7-14/h4-5,13-14,22H,6-12,21H2,1H3,(H,23,26)(H,24,25). The van der Waals surface area contributed by atoms with Gasteiger partial charge in [-0.1, -0.05) is 11.8 Å². The lowest BCUT2D eigenvalue weighted by Crippen LogP contribution is -2.39. The normalized spacial score (nSPS) is 13.8. The minimum absolute atomic E-state index is 0.00363. The van der Waals surface area contributed by atoms with E-state index in [0.29, 0.717) is 16.8 Å². The van der Waals surface area contributed by atoms with Crippen LogP contribution in [0.1, 0.15) is 35.2 Å². The molecule has 8 nitrogen and oxygen atoms in total. The molecule has 5 N–H and O–H groups in total. The van der Waals surface area contributed by atoms with E-state index in [4.69, 9.17) is 10.5 Å². The van der Waals surface area contributed by atoms with Crippen molar-refractivity contribution in [2.45, 2.75) is 19.3 Å². The fourth-order valence-electron chi connectivity index (χ4n) is 2.91. The van der Waals surface area contributed by atoms with E-state index >= 15 is 0 Å². The van der Waals surface area contributed by atoms with Crippen LogP contribution < -0.4 is 21.7 Å². The molecule has 150 valence electrons. The monoisotopic (exact) mass is 386 g/mol. The van der Waals surface area contributed by atoms with Gasteiger partial charge >= 0.3 is 5.97 Å². The molecule has 0 aromatic heterocycles. The first-order valence-corrected chi connectivity index (χ1v) is 9.24. The molecule has 0 atom stereocenters. The second kappa shape index (κ2) is 11.1. The van der Waals surface area contributed by atoms with Gasteiger partial charge in [-0.15, -0.1) is 0 Å². The van der Waals surface area contributed by atoms with Crippen molar-refractivity contribution in [3.63, 3.8) is 0 Å². The summed E-state index contributed by atoms with van der Waals surface area (Å²) in [6.07, 6.45) is 1.79. The summed E-state index contributed by atoms with van der Waals surface area (Å²) in [6.45, 7) is 2.10. The SMILES string of the molecule is COC(=O)c1ccc(NC(=O)CCNC(=O)C2CCNCC2)cc1C#CCN. The van der Waals surface area contributed by atoms with Gasteiger partial charge in [-0.3, -0.25) is 9.59 Å². The van der Waals surface area contributed by atoms with Crippen molar-refractivity contribution in [3.8, 4) is 11.8 Å². The molecule has 0 saturated carbocycles. The zero-order chi connectivity index (χ0) is 20.4. The van der Waals surface area contributed by atoms with Gasteiger partial charge in [0.1, 0.15) is 0 Å². The smallest absolute Gasteiger partial charge is 0.339 e. The Morgan fingerprint density at radius 2 is 2.04 bits per heavy atom. The summed E-state index contributed by atoms with van der Waals surface area (Å²) in [7, 11) is 1.29. The van der Waals surface area contributed by atoms with Crippen LogP contribution in [0, 0.1) is 17.8 Å². The summed E-state index contributed by atoms with van der Waals surface area (Å²) < 4.78 is 4.73. The fraction of sp³-hybridized carbons (Fsp3) is 0.450. The van der Waals surface area contributed by atoms with Gasteiger partial charge in [-0.2, -0.15) is 0 Å². The lowest BCUT2D eigenvalue weighted by atomic mass is 9.97. The van der Waals surface area contributed by atoms with Crippen LogP contribution in [-0.4, -0.2) is 51.1 Å². The Morgan fingerprint density at radius 1 is 1.29 bits per heavy atom.